The van der Waals surface area contributed by atoms with Crippen molar-refractivity contribution in [2.24, 2.45) is 0 Å². The molecule has 168 valence electrons. The van der Waals surface area contributed by atoms with Gasteiger partial charge in [0.05, 0.1) is 18.7 Å². The molecule has 2 aromatic rings. The highest BCUT2D eigenvalue weighted by molar-refractivity contribution is 6.35. The van der Waals surface area contributed by atoms with Gasteiger partial charge in [-0.15, -0.1) is 0 Å². The van der Waals surface area contributed by atoms with E-state index in [1.54, 1.807) is 31.2 Å². The van der Waals surface area contributed by atoms with Gasteiger partial charge in [-0.05, 0) is 49.2 Å². The van der Waals surface area contributed by atoms with Crippen LogP contribution in [0.5, 0.6) is 0 Å². The van der Waals surface area contributed by atoms with Crippen LogP contribution in [0.25, 0.3) is 0 Å². The lowest BCUT2D eigenvalue weighted by Gasteiger charge is -2.35. The molecule has 0 bridgehead atoms. The van der Waals surface area contributed by atoms with Gasteiger partial charge in [0, 0.05) is 33.5 Å². The Labute approximate surface area is 196 Å². The zero-order valence-corrected chi connectivity index (χ0v) is 19.4. The Morgan fingerprint density at radius 2 is 1.84 bits per heavy atom. The van der Waals surface area contributed by atoms with Gasteiger partial charge in [-0.2, -0.15) is 0 Å². The number of ether oxygens (including phenoxy) is 1. The van der Waals surface area contributed by atoms with Crippen LogP contribution in [0.3, 0.4) is 0 Å². The Morgan fingerprint density at radius 3 is 2.47 bits per heavy atom. The third kappa shape index (κ3) is 5.06. The number of anilines is 1. The predicted molar refractivity (Wildman–Crippen MR) is 124 cm³/mol. The lowest BCUT2D eigenvalue weighted by molar-refractivity contribution is -0.136. The number of esters is 1. The van der Waals surface area contributed by atoms with Crippen molar-refractivity contribution in [1.82, 2.24) is 10.2 Å². The molecular formula is C23H23Cl2N3O4. The Bertz CT molecular complexity index is 1080. The molecule has 1 atom stereocenters. The average molecular weight is 476 g/mol. The van der Waals surface area contributed by atoms with Gasteiger partial charge in [0.15, 0.2) is 0 Å². The predicted octanol–water partition coefficient (Wildman–Crippen LogP) is 5.17. The monoisotopic (exact) mass is 475 g/mol. The zero-order chi connectivity index (χ0) is 23.4. The first kappa shape index (κ1) is 23.6. The SMILES string of the molecule is CCCN1C(=O)NC(c2cccc(NC(=O)c3cc(Cl)cc(Cl)c3)c2)C(C(=O)OC)=C1C. The van der Waals surface area contributed by atoms with Gasteiger partial charge in [0.1, 0.15) is 0 Å². The van der Waals surface area contributed by atoms with Crippen molar-refractivity contribution in [2.75, 3.05) is 19.0 Å². The quantitative estimate of drug-likeness (QED) is 0.564. The standard InChI is InChI=1S/C23H23Cl2N3O4/c1-4-8-28-13(2)19(22(30)32-3)20(27-23(28)31)14-6-5-7-18(11-14)26-21(29)15-9-16(24)12-17(25)10-15/h5-7,9-12,20H,4,8H2,1-3H3,(H,26,29)(H,27,31). The molecule has 2 aromatic carbocycles. The molecule has 0 saturated heterocycles. The minimum Gasteiger partial charge on any atom is -0.466 e. The number of rotatable bonds is 6. The number of carbonyl (C=O) groups excluding carboxylic acids is 3. The Hall–Kier alpha value is -3.03. The second-order valence-corrected chi connectivity index (χ2v) is 8.14. The van der Waals surface area contributed by atoms with Crippen LogP contribution >= 0.6 is 23.2 Å². The van der Waals surface area contributed by atoms with Crippen LogP contribution in [0.2, 0.25) is 10.0 Å². The zero-order valence-electron chi connectivity index (χ0n) is 17.9. The van der Waals surface area contributed by atoms with Crippen molar-refractivity contribution in [2.45, 2.75) is 26.3 Å². The molecule has 32 heavy (non-hydrogen) atoms. The normalized spacial score (nSPS) is 16.0. The van der Waals surface area contributed by atoms with Crippen LogP contribution < -0.4 is 10.6 Å². The van der Waals surface area contributed by atoms with Crippen LogP contribution in [0.15, 0.2) is 53.7 Å². The van der Waals surface area contributed by atoms with Crippen molar-refractivity contribution < 1.29 is 19.1 Å². The third-order valence-corrected chi connectivity index (χ3v) is 5.49. The second kappa shape index (κ2) is 10.1. The van der Waals surface area contributed by atoms with E-state index in [1.807, 2.05) is 6.92 Å². The number of allylic oxidation sites excluding steroid dienone is 1. The molecule has 1 aliphatic rings. The van der Waals surface area contributed by atoms with Crippen LogP contribution in [0, 0.1) is 0 Å². The summed E-state index contributed by atoms with van der Waals surface area (Å²) in [5, 5.41) is 6.36. The summed E-state index contributed by atoms with van der Waals surface area (Å²) in [5.74, 6) is -0.926. The van der Waals surface area contributed by atoms with E-state index < -0.39 is 17.9 Å². The van der Waals surface area contributed by atoms with Gasteiger partial charge >= 0.3 is 12.0 Å². The average Bonchev–Trinajstić information content (AvgIpc) is 2.75. The van der Waals surface area contributed by atoms with Crippen LogP contribution in [-0.2, 0) is 9.53 Å². The molecule has 2 N–H and O–H groups in total. The summed E-state index contributed by atoms with van der Waals surface area (Å²) in [7, 11) is 1.30. The number of benzene rings is 2. The van der Waals surface area contributed by atoms with Crippen molar-refractivity contribution in [3.63, 3.8) is 0 Å². The molecule has 0 spiro atoms. The number of halogens is 2. The molecule has 3 amide bonds. The summed E-state index contributed by atoms with van der Waals surface area (Å²) < 4.78 is 4.98. The molecule has 0 aromatic heterocycles. The number of amides is 3. The van der Waals surface area contributed by atoms with E-state index in [1.165, 1.54) is 30.2 Å². The smallest absolute Gasteiger partial charge is 0.337 e. The number of hydrogen-bond acceptors (Lipinski definition) is 4. The molecule has 7 nitrogen and oxygen atoms in total. The van der Waals surface area contributed by atoms with E-state index in [4.69, 9.17) is 27.9 Å². The van der Waals surface area contributed by atoms with Crippen molar-refractivity contribution in [3.8, 4) is 0 Å². The van der Waals surface area contributed by atoms with Crippen molar-refractivity contribution >= 4 is 46.8 Å². The van der Waals surface area contributed by atoms with Gasteiger partial charge < -0.3 is 15.4 Å². The summed E-state index contributed by atoms with van der Waals surface area (Å²) in [6, 6.07) is 10.4. The van der Waals surface area contributed by atoms with Crippen molar-refractivity contribution in [1.29, 1.82) is 0 Å². The van der Waals surface area contributed by atoms with Crippen LogP contribution in [-0.4, -0.2) is 36.5 Å². The Morgan fingerprint density at radius 1 is 1.16 bits per heavy atom. The first-order chi connectivity index (χ1) is 15.2. The van der Waals surface area contributed by atoms with Crippen LogP contribution in [0.4, 0.5) is 10.5 Å². The van der Waals surface area contributed by atoms with Gasteiger partial charge in [0.25, 0.3) is 5.91 Å². The molecule has 0 fully saturated rings. The number of urea groups is 1. The summed E-state index contributed by atoms with van der Waals surface area (Å²) in [6.45, 7) is 4.15. The maximum absolute atomic E-state index is 12.7. The fraction of sp³-hybridized carbons (Fsp3) is 0.261. The highest BCUT2D eigenvalue weighted by Crippen LogP contribution is 2.32. The maximum Gasteiger partial charge on any atom is 0.337 e. The van der Waals surface area contributed by atoms with E-state index in [0.29, 0.717) is 44.7 Å². The Kier molecular flexibility index (Phi) is 7.43. The number of nitrogens with one attached hydrogen (secondary N) is 2. The number of nitrogens with zero attached hydrogens (tertiary/aromatic N) is 1. The second-order valence-electron chi connectivity index (χ2n) is 7.26. The van der Waals surface area contributed by atoms with E-state index in [9.17, 15) is 14.4 Å². The molecular weight excluding hydrogens is 453 g/mol. The maximum atomic E-state index is 12.7. The lowest BCUT2D eigenvalue weighted by atomic mass is 9.94. The lowest BCUT2D eigenvalue weighted by Crippen LogP contribution is -2.48. The summed E-state index contributed by atoms with van der Waals surface area (Å²) in [6.07, 6.45) is 0.735. The fourth-order valence-corrected chi connectivity index (χ4v) is 4.11. The summed E-state index contributed by atoms with van der Waals surface area (Å²) in [5.41, 5.74) is 2.29. The summed E-state index contributed by atoms with van der Waals surface area (Å²) >= 11 is 12.0. The molecule has 0 saturated carbocycles. The first-order valence-corrected chi connectivity index (χ1v) is 10.7. The molecule has 1 aliphatic heterocycles. The largest absolute Gasteiger partial charge is 0.466 e. The number of hydrogen-bond donors (Lipinski definition) is 2. The van der Waals surface area contributed by atoms with E-state index in [0.717, 1.165) is 6.42 Å². The van der Waals surface area contributed by atoms with Crippen LogP contribution in [0.1, 0.15) is 42.2 Å². The third-order valence-electron chi connectivity index (χ3n) is 5.05. The van der Waals surface area contributed by atoms with Gasteiger partial charge in [-0.25, -0.2) is 9.59 Å². The highest BCUT2D eigenvalue weighted by Gasteiger charge is 2.36. The molecule has 9 heteroatoms. The molecule has 1 heterocycles. The molecule has 0 radical (unpaired) electrons. The van der Waals surface area contributed by atoms with E-state index in [-0.39, 0.29) is 6.03 Å². The Balaban J connectivity index is 1.94. The van der Waals surface area contributed by atoms with Gasteiger partial charge in [-0.3, -0.25) is 9.69 Å². The van der Waals surface area contributed by atoms with Gasteiger partial charge in [-0.1, -0.05) is 42.3 Å². The molecule has 1 unspecified atom stereocenters. The topological polar surface area (TPSA) is 87.7 Å². The number of methoxy groups -OCH3 is 1. The van der Waals surface area contributed by atoms with Gasteiger partial charge in [0.2, 0.25) is 0 Å². The minimum absolute atomic E-state index is 0.301. The van der Waals surface area contributed by atoms with E-state index in [2.05, 4.69) is 10.6 Å². The molecule has 3 rings (SSSR count). The highest BCUT2D eigenvalue weighted by atomic mass is 35.5. The molecule has 0 aliphatic carbocycles. The van der Waals surface area contributed by atoms with E-state index >= 15 is 0 Å². The number of carbonyl (C=O) groups is 3. The minimum atomic E-state index is -0.722. The van der Waals surface area contributed by atoms with Crippen molar-refractivity contribution in [3.05, 3.63) is 74.9 Å². The summed E-state index contributed by atoms with van der Waals surface area (Å²) in [4.78, 5) is 39.4. The fourth-order valence-electron chi connectivity index (χ4n) is 3.58. The first-order valence-electron chi connectivity index (χ1n) is 9.99.